The van der Waals surface area contributed by atoms with Crippen LogP contribution in [0.15, 0.2) is 24.3 Å². The number of rotatable bonds is 7. The Kier molecular flexibility index (Phi) is 6.74. The summed E-state index contributed by atoms with van der Waals surface area (Å²) in [6, 6.07) is 6.21. The highest BCUT2D eigenvalue weighted by Gasteiger charge is 2.24. The minimum absolute atomic E-state index is 0.0316. The molecule has 9 heteroatoms. The highest BCUT2D eigenvalue weighted by atomic mass is 16.6. The van der Waals surface area contributed by atoms with E-state index in [2.05, 4.69) is 0 Å². The molecular formula is C22H27N3O6. The van der Waals surface area contributed by atoms with Crippen LogP contribution in [0.25, 0.3) is 0 Å². The number of nitro benzene ring substituents is 1. The molecule has 0 atom stereocenters. The van der Waals surface area contributed by atoms with E-state index in [-0.39, 0.29) is 23.1 Å². The van der Waals surface area contributed by atoms with Gasteiger partial charge >= 0.3 is 5.97 Å². The number of aromatic nitrogens is 1. The first-order valence-corrected chi connectivity index (χ1v) is 10.2. The van der Waals surface area contributed by atoms with Crippen LogP contribution < -0.4 is 4.90 Å². The molecule has 0 bridgehead atoms. The lowest BCUT2D eigenvalue weighted by atomic mass is 10.1. The van der Waals surface area contributed by atoms with Crippen molar-refractivity contribution in [3.63, 3.8) is 0 Å². The van der Waals surface area contributed by atoms with Gasteiger partial charge in [0.1, 0.15) is 5.69 Å². The van der Waals surface area contributed by atoms with Crippen molar-refractivity contribution < 1.29 is 24.0 Å². The lowest BCUT2D eigenvalue weighted by Gasteiger charge is -2.28. The third-order valence-electron chi connectivity index (χ3n) is 5.40. The van der Waals surface area contributed by atoms with Gasteiger partial charge in [0, 0.05) is 42.1 Å². The zero-order valence-corrected chi connectivity index (χ0v) is 18.2. The topological polar surface area (TPSA) is 104 Å². The van der Waals surface area contributed by atoms with Crippen molar-refractivity contribution in [1.29, 1.82) is 0 Å². The summed E-state index contributed by atoms with van der Waals surface area (Å²) in [4.78, 5) is 38.0. The van der Waals surface area contributed by atoms with Crippen LogP contribution in [-0.2, 0) is 9.47 Å². The number of carbonyl (C=O) groups excluding carboxylic acids is 2. The highest BCUT2D eigenvalue weighted by Crippen LogP contribution is 2.30. The Morgan fingerprint density at radius 1 is 1.19 bits per heavy atom. The molecule has 31 heavy (non-hydrogen) atoms. The number of nitrogens with zero attached hydrogens (tertiary/aromatic N) is 3. The molecule has 0 radical (unpaired) electrons. The van der Waals surface area contributed by atoms with Crippen molar-refractivity contribution in [2.75, 3.05) is 37.8 Å². The molecule has 0 amide bonds. The second-order valence-electron chi connectivity index (χ2n) is 7.81. The molecule has 166 valence electrons. The number of Topliss-reactive ketones (excluding diaryl/α,β-unsaturated/α-hetero) is 1. The Morgan fingerprint density at radius 3 is 2.45 bits per heavy atom. The molecule has 1 aliphatic heterocycles. The molecule has 0 aliphatic carbocycles. The zero-order chi connectivity index (χ0) is 22.7. The molecule has 0 unspecified atom stereocenters. The third-order valence-corrected chi connectivity index (χ3v) is 5.40. The molecule has 2 aromatic rings. The first kappa shape index (κ1) is 22.5. The van der Waals surface area contributed by atoms with E-state index in [1.807, 2.05) is 37.2 Å². The first-order valence-electron chi connectivity index (χ1n) is 10.2. The standard InChI is InChI=1S/C22H27N3O6/c1-14(2)24-15(3)11-18(16(24)4)21(26)13-31-22(27)17-5-6-19(20(12-17)25(28)29)23-7-9-30-10-8-23/h5-6,11-12,14H,7-10,13H2,1-4H3. The molecule has 0 N–H and O–H groups in total. The van der Waals surface area contributed by atoms with Gasteiger partial charge in [0.25, 0.3) is 5.69 Å². The summed E-state index contributed by atoms with van der Waals surface area (Å²) < 4.78 is 12.5. The van der Waals surface area contributed by atoms with Crippen molar-refractivity contribution in [2.45, 2.75) is 33.7 Å². The van der Waals surface area contributed by atoms with Gasteiger partial charge in [0.05, 0.1) is 23.7 Å². The third kappa shape index (κ3) is 4.77. The van der Waals surface area contributed by atoms with Gasteiger partial charge in [-0.1, -0.05) is 0 Å². The second kappa shape index (κ2) is 9.30. The van der Waals surface area contributed by atoms with E-state index in [0.29, 0.717) is 37.6 Å². The van der Waals surface area contributed by atoms with Crippen molar-refractivity contribution >= 4 is 23.1 Å². The quantitative estimate of drug-likeness (QED) is 0.287. The SMILES string of the molecule is Cc1cc(C(=O)COC(=O)c2ccc(N3CCOCC3)c([N+](=O)[O-])c2)c(C)n1C(C)C. The van der Waals surface area contributed by atoms with Crippen LogP contribution >= 0.6 is 0 Å². The average Bonchev–Trinajstić information content (AvgIpc) is 3.06. The molecule has 1 aliphatic rings. The number of nitro groups is 1. The molecule has 0 spiro atoms. The highest BCUT2D eigenvalue weighted by molar-refractivity contribution is 6.00. The lowest BCUT2D eigenvalue weighted by molar-refractivity contribution is -0.384. The average molecular weight is 429 g/mol. The van der Waals surface area contributed by atoms with Crippen molar-refractivity contribution in [1.82, 2.24) is 4.57 Å². The summed E-state index contributed by atoms with van der Waals surface area (Å²) in [5.74, 6) is -1.09. The fourth-order valence-electron chi connectivity index (χ4n) is 4.01. The van der Waals surface area contributed by atoms with E-state index in [9.17, 15) is 19.7 Å². The second-order valence-corrected chi connectivity index (χ2v) is 7.81. The number of hydrogen-bond acceptors (Lipinski definition) is 7. The molecule has 1 aromatic carbocycles. The molecule has 9 nitrogen and oxygen atoms in total. The fraction of sp³-hybridized carbons (Fsp3) is 0.455. The van der Waals surface area contributed by atoms with Gasteiger partial charge in [0.2, 0.25) is 5.78 Å². The van der Waals surface area contributed by atoms with Crippen LogP contribution in [-0.4, -0.2) is 54.2 Å². The number of morpholine rings is 1. The number of aryl methyl sites for hydroxylation is 1. The van der Waals surface area contributed by atoms with Gasteiger partial charge in [-0.3, -0.25) is 14.9 Å². The van der Waals surface area contributed by atoms with Crippen LogP contribution in [0.1, 0.15) is 52.0 Å². The van der Waals surface area contributed by atoms with E-state index in [4.69, 9.17) is 9.47 Å². The van der Waals surface area contributed by atoms with E-state index < -0.39 is 17.5 Å². The summed E-state index contributed by atoms with van der Waals surface area (Å²) in [7, 11) is 0. The summed E-state index contributed by atoms with van der Waals surface area (Å²) >= 11 is 0. The molecule has 1 aromatic heterocycles. The molecule has 1 fully saturated rings. The zero-order valence-electron chi connectivity index (χ0n) is 18.2. The van der Waals surface area contributed by atoms with E-state index >= 15 is 0 Å². The molecule has 3 rings (SSSR count). The number of esters is 1. The number of carbonyl (C=O) groups is 2. The number of benzene rings is 1. The maximum Gasteiger partial charge on any atom is 0.338 e. The Morgan fingerprint density at radius 2 is 1.87 bits per heavy atom. The maximum absolute atomic E-state index is 12.6. The van der Waals surface area contributed by atoms with Crippen LogP contribution in [0.3, 0.4) is 0 Å². The Bertz CT molecular complexity index is 1000. The van der Waals surface area contributed by atoms with Gasteiger partial charge in [0.15, 0.2) is 6.61 Å². The first-order chi connectivity index (χ1) is 14.7. The maximum atomic E-state index is 12.6. The summed E-state index contributed by atoms with van der Waals surface area (Å²) in [5, 5.41) is 11.6. The number of ether oxygens (including phenoxy) is 2. The number of hydrogen-bond donors (Lipinski definition) is 0. The van der Waals surface area contributed by atoms with E-state index in [0.717, 1.165) is 11.4 Å². The minimum Gasteiger partial charge on any atom is -0.454 e. The van der Waals surface area contributed by atoms with Crippen molar-refractivity contribution in [3.8, 4) is 0 Å². The van der Waals surface area contributed by atoms with E-state index in [1.54, 1.807) is 6.07 Å². The largest absolute Gasteiger partial charge is 0.454 e. The van der Waals surface area contributed by atoms with Gasteiger partial charge in [-0.2, -0.15) is 0 Å². The monoisotopic (exact) mass is 429 g/mol. The van der Waals surface area contributed by atoms with Gasteiger partial charge in [-0.25, -0.2) is 4.79 Å². The lowest BCUT2D eigenvalue weighted by Crippen LogP contribution is -2.36. The summed E-state index contributed by atoms with van der Waals surface area (Å²) in [6.45, 7) is 9.45. The molecular weight excluding hydrogens is 402 g/mol. The Labute approximate surface area is 180 Å². The molecule has 0 saturated carbocycles. The number of ketones is 1. The fourth-order valence-corrected chi connectivity index (χ4v) is 4.01. The Hall–Kier alpha value is -3.20. The summed E-state index contributed by atoms with van der Waals surface area (Å²) in [6.07, 6.45) is 0. The van der Waals surface area contributed by atoms with Crippen LogP contribution in [0.4, 0.5) is 11.4 Å². The summed E-state index contributed by atoms with van der Waals surface area (Å²) in [5.41, 5.74) is 2.57. The van der Waals surface area contributed by atoms with E-state index in [1.165, 1.54) is 18.2 Å². The van der Waals surface area contributed by atoms with Crippen LogP contribution in [0, 0.1) is 24.0 Å². The minimum atomic E-state index is -0.775. The van der Waals surface area contributed by atoms with Gasteiger partial charge in [-0.05, 0) is 45.9 Å². The smallest absolute Gasteiger partial charge is 0.338 e. The molecule has 2 heterocycles. The molecule has 1 saturated heterocycles. The van der Waals surface area contributed by atoms with Crippen molar-refractivity contribution in [3.05, 3.63) is 56.9 Å². The van der Waals surface area contributed by atoms with Crippen LogP contribution in [0.2, 0.25) is 0 Å². The van der Waals surface area contributed by atoms with Gasteiger partial charge < -0.3 is 18.9 Å². The van der Waals surface area contributed by atoms with Gasteiger partial charge in [-0.15, -0.1) is 0 Å². The predicted molar refractivity (Wildman–Crippen MR) is 115 cm³/mol. The number of anilines is 1. The predicted octanol–water partition coefficient (Wildman–Crippen LogP) is 3.47. The van der Waals surface area contributed by atoms with Crippen LogP contribution in [0.5, 0.6) is 0 Å². The van der Waals surface area contributed by atoms with Crippen molar-refractivity contribution in [2.24, 2.45) is 0 Å². The Balaban J connectivity index is 1.73. The normalized spacial score (nSPS) is 14.0.